The molecule has 2 aliphatic rings. The Morgan fingerprint density at radius 3 is 2.91 bits per heavy atom. The minimum absolute atomic E-state index is 0.161. The third-order valence-electron chi connectivity index (χ3n) is 1.45. The van der Waals surface area contributed by atoms with Gasteiger partial charge in [0.05, 0.1) is 0 Å². The summed E-state index contributed by atoms with van der Waals surface area (Å²) in [6.45, 7) is 0. The monoisotopic (exact) mass is 152 g/mol. The quantitative estimate of drug-likeness (QED) is 0.420. The largest absolute Gasteiger partial charge is 0.286 e. The summed E-state index contributed by atoms with van der Waals surface area (Å²) in [5.74, 6) is -0.746. The average Bonchev–Trinajstić information content (AvgIpc) is 2.45. The van der Waals surface area contributed by atoms with Crippen LogP contribution in [0.3, 0.4) is 0 Å². The lowest BCUT2D eigenvalue weighted by atomic mass is 10.1. The molecule has 0 saturated carbocycles. The number of carbonyl (C=O) groups is 2. The second-order valence-corrected chi connectivity index (χ2v) is 2.12. The van der Waals surface area contributed by atoms with Crippen LogP contribution in [-0.4, -0.2) is 29.9 Å². The van der Waals surface area contributed by atoms with Gasteiger partial charge >= 0.3 is 0 Å². The van der Waals surface area contributed by atoms with Crippen LogP contribution in [0.5, 0.6) is 0 Å². The van der Waals surface area contributed by atoms with Crippen molar-refractivity contribution in [3.8, 4) is 0 Å². The molecule has 0 aromatic heterocycles. The zero-order valence-corrected chi connectivity index (χ0v) is 5.37. The first-order valence-corrected chi connectivity index (χ1v) is 2.98. The molecule has 2 N–H and O–H groups in total. The van der Waals surface area contributed by atoms with E-state index < -0.39 is 11.9 Å². The molecule has 1 saturated heterocycles. The first-order valence-electron chi connectivity index (χ1n) is 2.98. The molecule has 2 rings (SSSR count). The van der Waals surface area contributed by atoms with Gasteiger partial charge in [-0.25, -0.2) is 4.99 Å². The second kappa shape index (κ2) is 1.88. The number of nitrogens with zero attached hydrogens (tertiary/aromatic N) is 2. The van der Waals surface area contributed by atoms with Gasteiger partial charge in [-0.2, -0.15) is 0 Å². The summed E-state index contributed by atoms with van der Waals surface area (Å²) >= 11 is 0. The van der Waals surface area contributed by atoms with Gasteiger partial charge in [0.1, 0.15) is 12.1 Å². The fraction of sp³-hybridized carbons (Fsp3) is 0.200. The van der Waals surface area contributed by atoms with E-state index in [2.05, 4.69) is 20.8 Å². The Bertz CT molecular complexity index is 293. The number of rotatable bonds is 0. The lowest BCUT2D eigenvalue weighted by molar-refractivity contribution is -0.128. The Morgan fingerprint density at radius 1 is 1.36 bits per heavy atom. The number of hydrogen-bond acceptors (Lipinski definition) is 4. The van der Waals surface area contributed by atoms with E-state index in [-0.39, 0.29) is 11.6 Å². The number of hydrazine groups is 1. The van der Waals surface area contributed by atoms with E-state index in [9.17, 15) is 9.59 Å². The molecule has 1 atom stereocenters. The highest BCUT2D eigenvalue weighted by atomic mass is 16.2. The maximum Gasteiger partial charge on any atom is 0.286 e. The Hall–Kier alpha value is -1.72. The molecule has 0 radical (unpaired) electrons. The van der Waals surface area contributed by atoms with Gasteiger partial charge in [0.25, 0.3) is 11.8 Å². The van der Waals surface area contributed by atoms with Gasteiger partial charge < -0.3 is 0 Å². The predicted molar refractivity (Wildman–Crippen MR) is 36.0 cm³/mol. The minimum Gasteiger partial charge on any atom is -0.270 e. The Labute approximate surface area is 61.4 Å². The number of fused-ring (bicyclic) bond motifs is 1. The van der Waals surface area contributed by atoms with E-state index in [0.717, 1.165) is 0 Å². The molecule has 0 aliphatic carbocycles. The number of nitrogens with one attached hydrogen (secondary N) is 2. The lowest BCUT2D eigenvalue weighted by Gasteiger charge is -2.17. The Kier molecular flexibility index (Phi) is 1.03. The van der Waals surface area contributed by atoms with E-state index in [1.165, 1.54) is 6.34 Å². The van der Waals surface area contributed by atoms with Crippen LogP contribution in [0, 0.1) is 0 Å². The van der Waals surface area contributed by atoms with Crippen molar-refractivity contribution in [1.29, 1.82) is 0 Å². The van der Waals surface area contributed by atoms with E-state index >= 15 is 0 Å². The van der Waals surface area contributed by atoms with E-state index in [0.29, 0.717) is 0 Å². The Balaban J connectivity index is 2.37. The molecule has 11 heavy (non-hydrogen) atoms. The van der Waals surface area contributed by atoms with Crippen molar-refractivity contribution in [2.75, 3.05) is 0 Å². The van der Waals surface area contributed by atoms with Crippen LogP contribution in [0.2, 0.25) is 0 Å². The summed E-state index contributed by atoms with van der Waals surface area (Å²) in [5.41, 5.74) is 4.48. The van der Waals surface area contributed by atoms with Crippen LogP contribution in [-0.2, 0) is 9.59 Å². The standard InChI is InChI=1S/C5H4N4O2/c10-4-2-3(7-1-6-2)5(11)9-8-4/h1-2H,(H,8,10)(H,9,11). The molecule has 0 aromatic rings. The van der Waals surface area contributed by atoms with Crippen molar-refractivity contribution < 1.29 is 9.59 Å². The van der Waals surface area contributed by atoms with Crippen molar-refractivity contribution in [2.24, 2.45) is 9.98 Å². The summed E-state index contributed by atoms with van der Waals surface area (Å²) in [6, 6.07) is -0.733. The molecule has 2 heterocycles. The van der Waals surface area contributed by atoms with Gasteiger partial charge in [-0.05, 0) is 0 Å². The molecule has 0 bridgehead atoms. The molecule has 6 nitrogen and oxygen atoms in total. The van der Waals surface area contributed by atoms with E-state index in [1.807, 2.05) is 0 Å². The SMILES string of the molecule is O=C1NNC(=O)C2N=CN=C12. The Morgan fingerprint density at radius 2 is 2.18 bits per heavy atom. The van der Waals surface area contributed by atoms with Gasteiger partial charge in [-0.3, -0.25) is 25.4 Å². The van der Waals surface area contributed by atoms with Crippen LogP contribution in [0.25, 0.3) is 0 Å². The van der Waals surface area contributed by atoms with Crippen molar-refractivity contribution in [2.45, 2.75) is 6.04 Å². The van der Waals surface area contributed by atoms with Gasteiger partial charge in [0, 0.05) is 0 Å². The zero-order chi connectivity index (χ0) is 7.84. The van der Waals surface area contributed by atoms with Crippen LogP contribution < -0.4 is 10.9 Å². The molecule has 6 heteroatoms. The predicted octanol–water partition coefficient (Wildman–Crippen LogP) is -2.00. The minimum atomic E-state index is -0.733. The second-order valence-electron chi connectivity index (χ2n) is 2.12. The molecular formula is C5H4N4O2. The van der Waals surface area contributed by atoms with Crippen LogP contribution in [0.4, 0.5) is 0 Å². The topological polar surface area (TPSA) is 82.9 Å². The van der Waals surface area contributed by atoms with Gasteiger partial charge in [0.2, 0.25) is 0 Å². The van der Waals surface area contributed by atoms with Crippen molar-refractivity contribution in [3.05, 3.63) is 0 Å². The van der Waals surface area contributed by atoms with Gasteiger partial charge in [-0.1, -0.05) is 0 Å². The summed E-state index contributed by atoms with van der Waals surface area (Å²) in [6.07, 6.45) is 1.21. The third kappa shape index (κ3) is 0.721. The molecule has 0 aromatic carbocycles. The highest BCUT2D eigenvalue weighted by Crippen LogP contribution is 2.04. The fourth-order valence-electron chi connectivity index (χ4n) is 0.929. The van der Waals surface area contributed by atoms with Crippen LogP contribution in [0.1, 0.15) is 0 Å². The first-order chi connectivity index (χ1) is 5.29. The van der Waals surface area contributed by atoms with Crippen LogP contribution >= 0.6 is 0 Å². The molecule has 2 aliphatic heterocycles. The number of hydrogen-bond donors (Lipinski definition) is 2. The highest BCUT2D eigenvalue weighted by molar-refractivity contribution is 6.48. The number of aliphatic imine (C=N–C) groups is 2. The van der Waals surface area contributed by atoms with Crippen molar-refractivity contribution >= 4 is 23.9 Å². The maximum absolute atomic E-state index is 10.9. The third-order valence-corrected chi connectivity index (χ3v) is 1.45. The fourth-order valence-corrected chi connectivity index (χ4v) is 0.929. The molecule has 1 fully saturated rings. The van der Waals surface area contributed by atoms with Crippen molar-refractivity contribution in [3.63, 3.8) is 0 Å². The van der Waals surface area contributed by atoms with Crippen LogP contribution in [0.15, 0.2) is 9.98 Å². The lowest BCUT2D eigenvalue weighted by Crippen LogP contribution is -2.58. The van der Waals surface area contributed by atoms with E-state index in [1.54, 1.807) is 0 Å². The molecule has 56 valence electrons. The summed E-state index contributed by atoms with van der Waals surface area (Å²) in [5, 5.41) is 0. The van der Waals surface area contributed by atoms with Crippen molar-refractivity contribution in [1.82, 2.24) is 10.9 Å². The van der Waals surface area contributed by atoms with E-state index in [4.69, 9.17) is 0 Å². The molecule has 2 amide bonds. The molecule has 0 spiro atoms. The highest BCUT2D eigenvalue weighted by Gasteiger charge is 2.35. The molecule has 1 unspecified atom stereocenters. The number of carbonyl (C=O) groups excluding carboxylic acids is 2. The average molecular weight is 152 g/mol. The normalized spacial score (nSPS) is 27.3. The summed E-state index contributed by atoms with van der Waals surface area (Å²) in [7, 11) is 0. The number of amides is 2. The van der Waals surface area contributed by atoms with Gasteiger partial charge in [0.15, 0.2) is 6.04 Å². The zero-order valence-electron chi connectivity index (χ0n) is 5.37. The maximum atomic E-state index is 10.9. The van der Waals surface area contributed by atoms with Gasteiger partial charge in [-0.15, -0.1) is 0 Å². The molecular weight excluding hydrogens is 148 g/mol. The summed E-state index contributed by atoms with van der Waals surface area (Å²) < 4.78 is 0. The smallest absolute Gasteiger partial charge is 0.270 e. The summed E-state index contributed by atoms with van der Waals surface area (Å²) in [4.78, 5) is 29.1. The first kappa shape index (κ1) is 6.02.